The lowest BCUT2D eigenvalue weighted by Gasteiger charge is -2.52. The normalized spacial score (nSPS) is 47.5. The second-order valence-electron chi connectivity index (χ2n) is 8.67. The molecule has 0 aromatic heterocycles. The molecule has 2 fully saturated rings. The van der Waals surface area contributed by atoms with E-state index in [1.54, 1.807) is 12.2 Å². The number of hydrogen-bond donors (Lipinski definition) is 1. The van der Waals surface area contributed by atoms with Crippen LogP contribution in [0.2, 0.25) is 0 Å². The van der Waals surface area contributed by atoms with Gasteiger partial charge in [-0.15, -0.1) is 0 Å². The molecule has 0 unspecified atom stereocenters. The molecule has 0 amide bonds. The molecule has 6 atom stereocenters. The minimum Gasteiger partial charge on any atom is -0.389 e. The summed E-state index contributed by atoms with van der Waals surface area (Å²) in [4.78, 5) is 24.5. The van der Waals surface area contributed by atoms with E-state index < -0.39 is 30.7 Å². The van der Waals surface area contributed by atoms with Gasteiger partial charge in [0.15, 0.2) is 11.6 Å². The van der Waals surface area contributed by atoms with E-state index in [2.05, 4.69) is 13.0 Å². The van der Waals surface area contributed by atoms with Crippen LogP contribution in [-0.4, -0.2) is 23.3 Å². The first-order valence-electron chi connectivity index (χ1n) is 10.8. The van der Waals surface area contributed by atoms with E-state index in [4.69, 9.17) is 4.11 Å². The Morgan fingerprint density at radius 3 is 2.96 bits per heavy atom. The van der Waals surface area contributed by atoms with Crippen LogP contribution in [0, 0.1) is 34.5 Å². The molecular weight excluding hydrogens is 312 g/mol. The van der Waals surface area contributed by atoms with Crippen molar-refractivity contribution in [2.24, 2.45) is 34.5 Å². The molecule has 3 heteroatoms. The van der Waals surface area contributed by atoms with Crippen molar-refractivity contribution < 1.29 is 18.8 Å². The number of Topliss-reactive ketones (excluding diaryl/α,β-unsaturated/α-hetero) is 1. The molecule has 4 aliphatic rings. The lowest BCUT2D eigenvalue weighted by molar-refractivity contribution is -0.131. The van der Waals surface area contributed by atoms with Gasteiger partial charge in [-0.1, -0.05) is 37.1 Å². The summed E-state index contributed by atoms with van der Waals surface area (Å²) < 4.78 is 24.1. The maximum atomic E-state index is 12.6. The summed E-state index contributed by atoms with van der Waals surface area (Å²) in [5, 5.41) is 9.54. The highest BCUT2D eigenvalue weighted by Gasteiger charge is 2.59. The van der Waals surface area contributed by atoms with Gasteiger partial charge >= 0.3 is 0 Å². The van der Waals surface area contributed by atoms with Crippen LogP contribution in [-0.2, 0) is 9.59 Å². The van der Waals surface area contributed by atoms with Crippen LogP contribution in [0.1, 0.15) is 50.5 Å². The van der Waals surface area contributed by atoms with Gasteiger partial charge in [0.2, 0.25) is 0 Å². The van der Waals surface area contributed by atoms with E-state index in [0.717, 1.165) is 18.4 Å². The van der Waals surface area contributed by atoms with Crippen molar-refractivity contribution in [2.75, 3.05) is 6.61 Å². The number of carbonyl (C=O) groups is 2. The smallest absolute Gasteiger partial charge is 0.178 e. The average Bonchev–Trinajstić information content (AvgIpc) is 2.95. The van der Waals surface area contributed by atoms with Crippen LogP contribution < -0.4 is 0 Å². The zero-order valence-electron chi connectivity index (χ0n) is 17.9. The number of hydrogen-bond acceptors (Lipinski definition) is 3. The van der Waals surface area contributed by atoms with Crippen LogP contribution in [0.25, 0.3) is 0 Å². The molecule has 0 bridgehead atoms. The fraction of sp³-hybridized carbons (Fsp3) is 0.636. The van der Waals surface area contributed by atoms with E-state index in [9.17, 15) is 14.7 Å². The Kier molecular flexibility index (Phi) is 3.01. The van der Waals surface area contributed by atoms with E-state index in [1.165, 1.54) is 5.57 Å². The standard InChI is InChI=1S/C22H28O3/c1-13-10-18-16-5-4-14-11-15(24)6-8-21(14,2)17(16)7-9-22(18,3)20(13)19(25)12-23/h6-8,11,13,16,18,20,23H,4-5,9-10,12H2,1-3H3/t13-,16-,18+,20-,21+,22+/m1/s1/i1D3. The van der Waals surface area contributed by atoms with Gasteiger partial charge in [0.25, 0.3) is 0 Å². The van der Waals surface area contributed by atoms with E-state index in [1.807, 2.05) is 13.0 Å². The number of allylic oxidation sites excluding steroid dienone is 6. The van der Waals surface area contributed by atoms with E-state index in [0.29, 0.717) is 12.8 Å². The third-order valence-corrected chi connectivity index (χ3v) is 7.51. The molecule has 0 aliphatic heterocycles. The maximum absolute atomic E-state index is 12.6. The summed E-state index contributed by atoms with van der Waals surface area (Å²) in [5.41, 5.74) is 1.68. The van der Waals surface area contributed by atoms with Crippen molar-refractivity contribution in [1.29, 1.82) is 0 Å². The molecule has 0 spiro atoms. The molecule has 1 N–H and O–H groups in total. The summed E-state index contributed by atoms with van der Waals surface area (Å²) >= 11 is 0. The highest BCUT2D eigenvalue weighted by atomic mass is 16.3. The Morgan fingerprint density at radius 1 is 1.44 bits per heavy atom. The Morgan fingerprint density at radius 2 is 2.24 bits per heavy atom. The van der Waals surface area contributed by atoms with Crippen molar-refractivity contribution in [3.05, 3.63) is 35.5 Å². The molecule has 0 aromatic rings. The highest BCUT2D eigenvalue weighted by molar-refractivity contribution is 6.01. The van der Waals surface area contributed by atoms with Gasteiger partial charge < -0.3 is 5.11 Å². The van der Waals surface area contributed by atoms with Crippen molar-refractivity contribution in [3.8, 4) is 0 Å². The van der Waals surface area contributed by atoms with Gasteiger partial charge in [0, 0.05) is 15.4 Å². The van der Waals surface area contributed by atoms with Crippen molar-refractivity contribution in [2.45, 2.75) is 46.4 Å². The summed E-state index contributed by atoms with van der Waals surface area (Å²) in [7, 11) is 0. The fourth-order valence-corrected chi connectivity index (χ4v) is 6.26. The minimum atomic E-state index is -2.21. The number of rotatable bonds is 2. The first kappa shape index (κ1) is 13.7. The quantitative estimate of drug-likeness (QED) is 0.779. The fourth-order valence-electron chi connectivity index (χ4n) is 6.26. The molecule has 3 nitrogen and oxygen atoms in total. The Bertz CT molecular complexity index is 821. The number of carbonyl (C=O) groups excluding carboxylic acids is 2. The minimum absolute atomic E-state index is 0.0316. The summed E-state index contributed by atoms with van der Waals surface area (Å²) in [5.74, 6) is -1.34. The molecule has 0 radical (unpaired) electrons. The van der Waals surface area contributed by atoms with Crippen LogP contribution in [0.5, 0.6) is 0 Å². The van der Waals surface area contributed by atoms with Crippen molar-refractivity contribution in [3.63, 3.8) is 0 Å². The van der Waals surface area contributed by atoms with Gasteiger partial charge in [0.1, 0.15) is 6.61 Å². The number of fused-ring (bicyclic) bond motifs is 5. The lowest BCUT2D eigenvalue weighted by Crippen LogP contribution is -2.45. The molecule has 4 rings (SSSR count). The predicted molar refractivity (Wildman–Crippen MR) is 96.7 cm³/mol. The molecule has 0 saturated heterocycles. The van der Waals surface area contributed by atoms with Crippen LogP contribution >= 0.6 is 0 Å². The second kappa shape index (κ2) is 5.51. The predicted octanol–water partition coefficient (Wildman–Crippen LogP) is 3.64. The second-order valence-corrected chi connectivity index (χ2v) is 8.67. The molecular formula is C22H28O3. The third-order valence-electron chi connectivity index (χ3n) is 7.51. The Balaban J connectivity index is 1.77. The Labute approximate surface area is 154 Å². The van der Waals surface area contributed by atoms with Crippen LogP contribution in [0.3, 0.4) is 0 Å². The molecule has 25 heavy (non-hydrogen) atoms. The SMILES string of the molecule is [2H]C([2H])([2H])[C@@H]1C[C@H]2[C@@H]3CCC4=CC(=O)C=C[C@]4(C)C3=CC[C@]2(C)[C@H]1C(=O)CO. The third kappa shape index (κ3) is 2.21. The summed E-state index contributed by atoms with van der Waals surface area (Å²) in [6.45, 7) is 1.38. The molecule has 2 saturated carbocycles. The van der Waals surface area contributed by atoms with Crippen LogP contribution in [0.4, 0.5) is 0 Å². The number of aliphatic hydroxyl groups excluding tert-OH is 1. The topological polar surface area (TPSA) is 54.4 Å². The molecule has 134 valence electrons. The highest BCUT2D eigenvalue weighted by Crippen LogP contribution is 2.65. The first-order chi connectivity index (χ1) is 13.0. The number of aliphatic hydroxyl groups is 1. The molecule has 4 aliphatic carbocycles. The van der Waals surface area contributed by atoms with Gasteiger partial charge in [-0.25, -0.2) is 0 Å². The van der Waals surface area contributed by atoms with Crippen LogP contribution in [0.15, 0.2) is 35.5 Å². The summed E-state index contributed by atoms with van der Waals surface area (Å²) in [6.07, 6.45) is 10.4. The largest absolute Gasteiger partial charge is 0.389 e. The average molecular weight is 343 g/mol. The van der Waals surface area contributed by atoms with E-state index in [-0.39, 0.29) is 28.8 Å². The zero-order valence-corrected chi connectivity index (χ0v) is 14.9. The maximum Gasteiger partial charge on any atom is 0.178 e. The van der Waals surface area contributed by atoms with Crippen molar-refractivity contribution in [1.82, 2.24) is 0 Å². The van der Waals surface area contributed by atoms with E-state index >= 15 is 0 Å². The zero-order chi connectivity index (χ0) is 20.5. The van der Waals surface area contributed by atoms with Gasteiger partial charge in [-0.3, -0.25) is 9.59 Å². The van der Waals surface area contributed by atoms with Gasteiger partial charge in [0.05, 0.1) is 0 Å². The monoisotopic (exact) mass is 343 g/mol. The van der Waals surface area contributed by atoms with Crippen molar-refractivity contribution >= 4 is 11.6 Å². The first-order valence-corrected chi connectivity index (χ1v) is 9.30. The summed E-state index contributed by atoms with van der Waals surface area (Å²) in [6, 6.07) is 0. The van der Waals surface area contributed by atoms with Gasteiger partial charge in [-0.05, 0) is 67.9 Å². The molecule has 0 aromatic carbocycles. The lowest BCUT2D eigenvalue weighted by atomic mass is 9.52. The van der Waals surface area contributed by atoms with Gasteiger partial charge in [-0.2, -0.15) is 0 Å². The number of ketones is 2. The molecule has 0 heterocycles. The Hall–Kier alpha value is -1.48.